The van der Waals surface area contributed by atoms with E-state index in [1.165, 1.54) is 11.0 Å². The molecule has 1 saturated heterocycles. The number of aliphatic hydroxyl groups excluding tert-OH is 1. The summed E-state index contributed by atoms with van der Waals surface area (Å²) in [4.78, 5) is 26.8. The lowest BCUT2D eigenvalue weighted by Gasteiger charge is -2.26. The molecule has 1 aliphatic rings. The number of aromatic nitrogens is 1. The molecule has 4 N–H and O–H groups in total. The van der Waals surface area contributed by atoms with E-state index in [0.717, 1.165) is 6.07 Å². The van der Waals surface area contributed by atoms with Gasteiger partial charge in [0, 0.05) is 32.3 Å². The molecule has 18 heavy (non-hydrogen) atoms. The fourth-order valence-electron chi connectivity index (χ4n) is 2.05. The van der Waals surface area contributed by atoms with Gasteiger partial charge in [-0.05, 0) is 0 Å². The Labute approximate surface area is 103 Å². The number of hydrogen-bond donors (Lipinski definition) is 4. The van der Waals surface area contributed by atoms with E-state index in [4.69, 9.17) is 0 Å². The quantitative estimate of drug-likeness (QED) is 0.512. The van der Waals surface area contributed by atoms with Crippen molar-refractivity contribution in [2.75, 3.05) is 20.1 Å². The van der Waals surface area contributed by atoms with Crippen molar-refractivity contribution in [1.29, 1.82) is 0 Å². The zero-order valence-electron chi connectivity index (χ0n) is 9.88. The number of β-amino-alcohol motifs (C(OH)–C–C–N with tert-alkyl or cyclic N) is 1. The number of likely N-dealkylation sites (N-methyl/N-ethyl adjacent to an activating group) is 1. The van der Waals surface area contributed by atoms with Crippen LogP contribution in [0, 0.1) is 0 Å². The smallest absolute Gasteiger partial charge is 0.254 e. The number of nitrogens with zero attached hydrogens (tertiary/aromatic N) is 1. The fraction of sp³-hybridized carbons (Fsp3) is 0.455. The summed E-state index contributed by atoms with van der Waals surface area (Å²) in [5.41, 5.74) is -0.449. The van der Waals surface area contributed by atoms with Crippen LogP contribution in [0.25, 0.3) is 0 Å². The number of carbonyl (C=O) groups is 1. The Morgan fingerprint density at radius 3 is 2.72 bits per heavy atom. The van der Waals surface area contributed by atoms with Crippen LogP contribution in [0.5, 0.6) is 5.88 Å². The summed E-state index contributed by atoms with van der Waals surface area (Å²) in [5, 5.41) is 21.9. The van der Waals surface area contributed by atoms with E-state index in [9.17, 15) is 19.8 Å². The van der Waals surface area contributed by atoms with Crippen LogP contribution in [-0.4, -0.2) is 58.3 Å². The molecule has 0 saturated carbocycles. The van der Waals surface area contributed by atoms with Crippen molar-refractivity contribution >= 4 is 5.91 Å². The summed E-state index contributed by atoms with van der Waals surface area (Å²) in [6, 6.07) is 1.97. The van der Waals surface area contributed by atoms with Gasteiger partial charge in [0.05, 0.1) is 17.7 Å². The van der Waals surface area contributed by atoms with E-state index in [-0.39, 0.29) is 17.5 Å². The van der Waals surface area contributed by atoms with E-state index in [0.29, 0.717) is 13.1 Å². The Balaban J connectivity index is 2.22. The van der Waals surface area contributed by atoms with Crippen LogP contribution in [-0.2, 0) is 0 Å². The minimum Gasteiger partial charge on any atom is -0.494 e. The molecule has 2 heterocycles. The highest BCUT2D eigenvalue weighted by Crippen LogP contribution is 2.13. The second-order valence-electron chi connectivity index (χ2n) is 4.33. The minimum atomic E-state index is -0.630. The fourth-order valence-corrected chi connectivity index (χ4v) is 2.05. The zero-order valence-corrected chi connectivity index (χ0v) is 9.88. The van der Waals surface area contributed by atoms with Crippen molar-refractivity contribution in [3.63, 3.8) is 0 Å². The van der Waals surface area contributed by atoms with Gasteiger partial charge in [-0.3, -0.25) is 14.6 Å². The zero-order chi connectivity index (χ0) is 13.3. The predicted octanol–water partition coefficient (Wildman–Crippen LogP) is -1.51. The van der Waals surface area contributed by atoms with Crippen LogP contribution >= 0.6 is 0 Å². The van der Waals surface area contributed by atoms with Crippen LogP contribution in [0.2, 0.25) is 0 Å². The maximum atomic E-state index is 12.1. The third-order valence-electron chi connectivity index (χ3n) is 3.05. The lowest BCUT2D eigenvalue weighted by Crippen LogP contribution is -2.44. The number of carbonyl (C=O) groups excluding carboxylic acids is 1. The van der Waals surface area contributed by atoms with Crippen molar-refractivity contribution in [2.24, 2.45) is 0 Å². The second kappa shape index (κ2) is 4.79. The highest BCUT2D eigenvalue weighted by Gasteiger charge is 2.31. The van der Waals surface area contributed by atoms with E-state index in [1.807, 2.05) is 0 Å². The van der Waals surface area contributed by atoms with E-state index in [1.54, 1.807) is 7.05 Å². The molecule has 7 heteroatoms. The number of aromatic hydroxyl groups is 1. The maximum absolute atomic E-state index is 12.1. The molecule has 1 aromatic rings. The van der Waals surface area contributed by atoms with Crippen molar-refractivity contribution in [1.82, 2.24) is 15.2 Å². The van der Waals surface area contributed by atoms with Crippen LogP contribution in [0.3, 0.4) is 0 Å². The molecular formula is C11H15N3O4. The molecule has 0 radical (unpaired) electrons. The first kappa shape index (κ1) is 12.6. The van der Waals surface area contributed by atoms with E-state index < -0.39 is 17.6 Å². The van der Waals surface area contributed by atoms with E-state index in [2.05, 4.69) is 10.3 Å². The van der Waals surface area contributed by atoms with Gasteiger partial charge in [0.25, 0.3) is 11.5 Å². The first-order valence-corrected chi connectivity index (χ1v) is 5.58. The van der Waals surface area contributed by atoms with Gasteiger partial charge in [-0.15, -0.1) is 0 Å². The Morgan fingerprint density at radius 1 is 1.44 bits per heavy atom. The number of hydrogen-bond acceptors (Lipinski definition) is 5. The Hall–Kier alpha value is -1.86. The Kier molecular flexibility index (Phi) is 3.35. The summed E-state index contributed by atoms with van der Waals surface area (Å²) in [5.74, 6) is -0.770. The summed E-state index contributed by atoms with van der Waals surface area (Å²) in [6.07, 6.45) is -0.630. The second-order valence-corrected chi connectivity index (χ2v) is 4.33. The molecule has 0 aromatic carbocycles. The molecule has 1 aromatic heterocycles. The molecule has 1 aliphatic heterocycles. The summed E-state index contributed by atoms with van der Waals surface area (Å²) in [6.45, 7) is 0.932. The van der Waals surface area contributed by atoms with Gasteiger partial charge in [-0.1, -0.05) is 0 Å². The average molecular weight is 253 g/mol. The number of pyridine rings is 1. The van der Waals surface area contributed by atoms with Crippen molar-refractivity contribution < 1.29 is 15.0 Å². The number of aliphatic hydroxyl groups is 1. The number of nitrogens with one attached hydrogen (secondary N) is 2. The summed E-state index contributed by atoms with van der Waals surface area (Å²) < 4.78 is 0. The Bertz CT molecular complexity index is 513. The molecule has 7 nitrogen and oxygen atoms in total. The Morgan fingerprint density at radius 2 is 2.17 bits per heavy atom. The van der Waals surface area contributed by atoms with Gasteiger partial charge >= 0.3 is 0 Å². The number of amides is 1. The lowest BCUT2D eigenvalue weighted by molar-refractivity contribution is 0.0580. The lowest BCUT2D eigenvalue weighted by atomic mass is 10.1. The molecule has 1 amide bonds. The number of H-pyrrole nitrogens is 1. The standard InChI is InChI=1S/C11H15N3O4/c1-14(7-4-12-5-8(7)15)11(18)6-2-9(16)13-10(17)3-6/h2-3,7-8,12,15H,4-5H2,1H3,(H2,13,16,17)/t7-,8-/m0/s1. The SMILES string of the molecule is CN(C(=O)c1cc(O)[nH]c(=O)c1)[C@H]1CNC[C@@H]1O. The van der Waals surface area contributed by atoms with Gasteiger partial charge < -0.3 is 20.4 Å². The van der Waals surface area contributed by atoms with Crippen LogP contribution in [0.4, 0.5) is 0 Å². The first-order chi connectivity index (χ1) is 8.49. The monoisotopic (exact) mass is 253 g/mol. The van der Waals surface area contributed by atoms with Crippen LogP contribution in [0.15, 0.2) is 16.9 Å². The van der Waals surface area contributed by atoms with Crippen molar-refractivity contribution in [2.45, 2.75) is 12.1 Å². The third kappa shape index (κ3) is 2.36. The summed E-state index contributed by atoms with van der Waals surface area (Å²) in [7, 11) is 1.56. The maximum Gasteiger partial charge on any atom is 0.254 e. The first-order valence-electron chi connectivity index (χ1n) is 5.58. The van der Waals surface area contributed by atoms with Gasteiger partial charge in [-0.25, -0.2) is 0 Å². The van der Waals surface area contributed by atoms with E-state index >= 15 is 0 Å². The normalized spacial score (nSPS) is 23.0. The number of rotatable bonds is 2. The molecule has 0 bridgehead atoms. The molecule has 2 rings (SSSR count). The average Bonchev–Trinajstić information content (AvgIpc) is 2.72. The van der Waals surface area contributed by atoms with Gasteiger partial charge in [0.15, 0.2) is 5.88 Å². The largest absolute Gasteiger partial charge is 0.494 e. The molecular weight excluding hydrogens is 238 g/mol. The highest BCUT2D eigenvalue weighted by atomic mass is 16.3. The number of aromatic amines is 1. The molecule has 0 spiro atoms. The van der Waals surface area contributed by atoms with Gasteiger partial charge in [0.1, 0.15) is 0 Å². The van der Waals surface area contributed by atoms with Crippen LogP contribution < -0.4 is 10.9 Å². The molecule has 2 atom stereocenters. The minimum absolute atomic E-state index is 0.0952. The third-order valence-corrected chi connectivity index (χ3v) is 3.05. The molecule has 98 valence electrons. The van der Waals surface area contributed by atoms with Crippen molar-refractivity contribution in [3.8, 4) is 5.88 Å². The topological polar surface area (TPSA) is 106 Å². The highest BCUT2D eigenvalue weighted by molar-refractivity contribution is 5.94. The van der Waals surface area contributed by atoms with Crippen molar-refractivity contribution in [3.05, 3.63) is 28.0 Å². The molecule has 0 aliphatic carbocycles. The van der Waals surface area contributed by atoms with Gasteiger partial charge in [0.2, 0.25) is 0 Å². The van der Waals surface area contributed by atoms with Crippen LogP contribution in [0.1, 0.15) is 10.4 Å². The van der Waals surface area contributed by atoms with Gasteiger partial charge in [-0.2, -0.15) is 0 Å². The predicted molar refractivity (Wildman–Crippen MR) is 63.5 cm³/mol. The molecule has 0 unspecified atom stereocenters. The molecule has 1 fully saturated rings. The summed E-state index contributed by atoms with van der Waals surface area (Å²) >= 11 is 0.